The van der Waals surface area contributed by atoms with E-state index in [1.165, 1.54) is 0 Å². The molecule has 1 aromatic carbocycles. The number of hydrogen-bond donors (Lipinski definition) is 1. The predicted octanol–water partition coefficient (Wildman–Crippen LogP) is 2.73. The van der Waals surface area contributed by atoms with Crippen molar-refractivity contribution in [3.63, 3.8) is 0 Å². The number of ether oxygens (including phenoxy) is 2. The number of carbonyl (C=O) groups excluding carboxylic acids is 1. The van der Waals surface area contributed by atoms with E-state index in [1.807, 2.05) is 32.0 Å². The second-order valence-corrected chi connectivity index (χ2v) is 5.10. The van der Waals surface area contributed by atoms with Crippen LogP contribution in [-0.2, 0) is 11.3 Å². The quantitative estimate of drug-likeness (QED) is 0.818. The van der Waals surface area contributed by atoms with Gasteiger partial charge < -0.3 is 14.8 Å². The molecule has 0 aliphatic heterocycles. The lowest BCUT2D eigenvalue weighted by Gasteiger charge is -2.17. The van der Waals surface area contributed by atoms with Crippen molar-refractivity contribution in [2.45, 2.75) is 38.8 Å². The first-order chi connectivity index (χ1) is 8.95. The molecule has 1 amide bonds. The highest BCUT2D eigenvalue weighted by molar-refractivity contribution is 6.30. The molecule has 0 saturated heterocycles. The highest BCUT2D eigenvalue weighted by atomic mass is 35.5. The van der Waals surface area contributed by atoms with E-state index in [4.69, 9.17) is 21.1 Å². The van der Waals surface area contributed by atoms with Crippen molar-refractivity contribution in [1.82, 2.24) is 5.32 Å². The van der Waals surface area contributed by atoms with Crippen LogP contribution >= 0.6 is 11.6 Å². The molecule has 1 atom stereocenters. The van der Waals surface area contributed by atoms with E-state index in [2.05, 4.69) is 5.32 Å². The van der Waals surface area contributed by atoms with Crippen molar-refractivity contribution >= 4 is 17.5 Å². The lowest BCUT2D eigenvalue weighted by Crippen LogP contribution is -2.29. The zero-order valence-electron chi connectivity index (χ0n) is 11.7. The fourth-order valence-electron chi connectivity index (χ4n) is 1.55. The number of halogens is 1. The molecule has 4 nitrogen and oxygen atoms in total. The standard InChI is InChI=1S/C14H20ClNO3/c1-9(2)19-13-11(6-5-7-12(13)18-4)8-16-14(17)10(3)15/h5-7,9-10H,8H2,1-4H3,(H,16,17). The molecular weight excluding hydrogens is 266 g/mol. The Labute approximate surface area is 119 Å². The summed E-state index contributed by atoms with van der Waals surface area (Å²) in [6, 6.07) is 5.57. The van der Waals surface area contributed by atoms with Crippen molar-refractivity contribution in [2.24, 2.45) is 0 Å². The molecule has 1 unspecified atom stereocenters. The minimum atomic E-state index is -0.555. The number of carbonyl (C=O) groups is 1. The Morgan fingerprint density at radius 2 is 2.05 bits per heavy atom. The van der Waals surface area contributed by atoms with Gasteiger partial charge in [-0.2, -0.15) is 0 Å². The predicted molar refractivity (Wildman–Crippen MR) is 75.9 cm³/mol. The van der Waals surface area contributed by atoms with Gasteiger partial charge in [-0.1, -0.05) is 12.1 Å². The van der Waals surface area contributed by atoms with Crippen LogP contribution in [0.5, 0.6) is 11.5 Å². The number of methoxy groups -OCH3 is 1. The van der Waals surface area contributed by atoms with Crippen molar-refractivity contribution in [1.29, 1.82) is 0 Å². The lowest BCUT2D eigenvalue weighted by molar-refractivity contribution is -0.120. The van der Waals surface area contributed by atoms with Crippen LogP contribution < -0.4 is 14.8 Å². The first-order valence-electron chi connectivity index (χ1n) is 6.20. The van der Waals surface area contributed by atoms with E-state index in [0.717, 1.165) is 5.56 Å². The van der Waals surface area contributed by atoms with Gasteiger partial charge in [-0.05, 0) is 26.8 Å². The number of rotatable bonds is 6. The van der Waals surface area contributed by atoms with Crippen LogP contribution in [-0.4, -0.2) is 24.5 Å². The van der Waals surface area contributed by atoms with Crippen molar-refractivity contribution in [2.75, 3.05) is 7.11 Å². The summed E-state index contributed by atoms with van der Waals surface area (Å²) in [5.41, 5.74) is 0.860. The Hall–Kier alpha value is -1.42. The fraction of sp³-hybridized carbons (Fsp3) is 0.500. The van der Waals surface area contributed by atoms with Gasteiger partial charge in [-0.15, -0.1) is 11.6 Å². The summed E-state index contributed by atoms with van der Waals surface area (Å²) in [5.74, 6) is 1.10. The molecule has 0 fully saturated rings. The topological polar surface area (TPSA) is 47.6 Å². The number of hydrogen-bond acceptors (Lipinski definition) is 3. The van der Waals surface area contributed by atoms with Crippen LogP contribution in [0.4, 0.5) is 0 Å². The summed E-state index contributed by atoms with van der Waals surface area (Å²) < 4.78 is 11.0. The largest absolute Gasteiger partial charge is 0.493 e. The average Bonchev–Trinajstić information content (AvgIpc) is 2.36. The van der Waals surface area contributed by atoms with Crippen molar-refractivity contribution < 1.29 is 14.3 Å². The van der Waals surface area contributed by atoms with Crippen molar-refractivity contribution in [3.05, 3.63) is 23.8 Å². The molecule has 0 spiro atoms. The lowest BCUT2D eigenvalue weighted by atomic mass is 10.1. The second-order valence-electron chi connectivity index (χ2n) is 4.45. The first-order valence-corrected chi connectivity index (χ1v) is 6.63. The van der Waals surface area contributed by atoms with Crippen LogP contribution in [0.3, 0.4) is 0 Å². The van der Waals surface area contributed by atoms with Gasteiger partial charge in [0.2, 0.25) is 5.91 Å². The Bertz CT molecular complexity index is 433. The highest BCUT2D eigenvalue weighted by Gasteiger charge is 2.14. The van der Waals surface area contributed by atoms with Gasteiger partial charge in [-0.3, -0.25) is 4.79 Å². The van der Waals surface area contributed by atoms with Gasteiger partial charge in [-0.25, -0.2) is 0 Å². The fourth-order valence-corrected chi connectivity index (χ4v) is 1.63. The number of amides is 1. The number of para-hydroxylation sites is 1. The molecule has 0 radical (unpaired) electrons. The molecule has 5 heteroatoms. The third-order valence-corrected chi connectivity index (χ3v) is 2.65. The van der Waals surface area contributed by atoms with Crippen LogP contribution in [0.2, 0.25) is 0 Å². The van der Waals surface area contributed by atoms with Crippen molar-refractivity contribution in [3.8, 4) is 11.5 Å². The maximum Gasteiger partial charge on any atom is 0.238 e. The molecule has 0 heterocycles. The summed E-state index contributed by atoms with van der Waals surface area (Å²) in [6.45, 7) is 5.87. The molecule has 0 saturated carbocycles. The van der Waals surface area contributed by atoms with E-state index >= 15 is 0 Å². The molecule has 19 heavy (non-hydrogen) atoms. The molecule has 0 aliphatic rings. The molecule has 1 rings (SSSR count). The van der Waals surface area contributed by atoms with E-state index in [9.17, 15) is 4.79 Å². The summed E-state index contributed by atoms with van der Waals surface area (Å²) in [4.78, 5) is 11.5. The molecule has 1 N–H and O–H groups in total. The van der Waals surface area contributed by atoms with Crippen LogP contribution in [0.1, 0.15) is 26.3 Å². The highest BCUT2D eigenvalue weighted by Crippen LogP contribution is 2.31. The Balaban J connectivity index is 2.89. The van der Waals surface area contributed by atoms with E-state index < -0.39 is 5.38 Å². The smallest absolute Gasteiger partial charge is 0.238 e. The van der Waals surface area contributed by atoms with E-state index in [1.54, 1.807) is 14.0 Å². The summed E-state index contributed by atoms with van der Waals surface area (Å²) in [6.07, 6.45) is 0.0257. The number of alkyl halides is 1. The van der Waals surface area contributed by atoms with Gasteiger partial charge in [0.25, 0.3) is 0 Å². The van der Waals surface area contributed by atoms with E-state index in [-0.39, 0.29) is 12.0 Å². The molecule has 106 valence electrons. The third kappa shape index (κ3) is 4.63. The van der Waals surface area contributed by atoms with Gasteiger partial charge in [0.1, 0.15) is 5.38 Å². The zero-order chi connectivity index (χ0) is 14.4. The third-order valence-electron chi connectivity index (χ3n) is 2.45. The summed E-state index contributed by atoms with van der Waals surface area (Å²) in [7, 11) is 1.59. The zero-order valence-corrected chi connectivity index (χ0v) is 12.5. The Morgan fingerprint density at radius 3 is 2.58 bits per heavy atom. The van der Waals surface area contributed by atoms with Crippen LogP contribution in [0.25, 0.3) is 0 Å². The van der Waals surface area contributed by atoms with Gasteiger partial charge in [0, 0.05) is 12.1 Å². The average molecular weight is 286 g/mol. The number of benzene rings is 1. The van der Waals surface area contributed by atoms with Gasteiger partial charge in [0.05, 0.1) is 13.2 Å². The first kappa shape index (κ1) is 15.6. The molecule has 0 bridgehead atoms. The Morgan fingerprint density at radius 1 is 1.37 bits per heavy atom. The maximum absolute atomic E-state index is 11.5. The minimum Gasteiger partial charge on any atom is -0.493 e. The second kappa shape index (κ2) is 7.24. The Kier molecular flexibility index (Phi) is 5.96. The minimum absolute atomic E-state index is 0.0257. The number of nitrogens with one attached hydrogen (secondary N) is 1. The summed E-state index contributed by atoms with van der Waals surface area (Å²) >= 11 is 5.71. The molecule has 0 aliphatic carbocycles. The summed E-state index contributed by atoms with van der Waals surface area (Å²) in [5, 5.41) is 2.20. The molecule has 1 aromatic rings. The molecular formula is C14H20ClNO3. The molecule has 0 aromatic heterocycles. The SMILES string of the molecule is COc1cccc(CNC(=O)C(C)Cl)c1OC(C)C. The normalized spacial score (nSPS) is 12.1. The maximum atomic E-state index is 11.5. The van der Waals surface area contributed by atoms with Crippen LogP contribution in [0.15, 0.2) is 18.2 Å². The van der Waals surface area contributed by atoms with Gasteiger partial charge >= 0.3 is 0 Å². The van der Waals surface area contributed by atoms with Crippen LogP contribution in [0, 0.1) is 0 Å². The van der Waals surface area contributed by atoms with E-state index in [0.29, 0.717) is 18.0 Å². The van der Waals surface area contributed by atoms with Gasteiger partial charge in [0.15, 0.2) is 11.5 Å². The monoisotopic (exact) mass is 285 g/mol.